The second-order valence-corrected chi connectivity index (χ2v) is 4.15. The van der Waals surface area contributed by atoms with Crippen LogP contribution in [0, 0.1) is 15.9 Å². The third kappa shape index (κ3) is 2.95. The van der Waals surface area contributed by atoms with Gasteiger partial charge in [-0.15, -0.1) is 0 Å². The topological polar surface area (TPSA) is 55.2 Å². The van der Waals surface area contributed by atoms with Gasteiger partial charge in [0.05, 0.1) is 4.92 Å². The first-order valence-corrected chi connectivity index (χ1v) is 5.79. The number of nitrogens with zero attached hydrogens (tertiary/aromatic N) is 1. The zero-order valence-corrected chi connectivity index (χ0v) is 10.4. The molecular formula is C14H13FN2O2. The molecule has 0 aliphatic heterocycles. The molecule has 0 fully saturated rings. The molecule has 0 aliphatic rings. The second kappa shape index (κ2) is 5.58. The van der Waals surface area contributed by atoms with Crippen LogP contribution in [-0.2, 0) is 6.54 Å². The molecule has 0 saturated heterocycles. The maximum Gasteiger partial charge on any atom is 0.270 e. The van der Waals surface area contributed by atoms with Crippen LogP contribution in [0.25, 0.3) is 11.1 Å². The fourth-order valence-corrected chi connectivity index (χ4v) is 1.89. The number of nitro groups is 1. The molecule has 2 aromatic carbocycles. The zero-order chi connectivity index (χ0) is 13.8. The molecule has 19 heavy (non-hydrogen) atoms. The SMILES string of the molecule is CNCc1ccc(-c2cccc([N+](=O)[O-])c2)c(F)c1. The van der Waals surface area contributed by atoms with Crippen LogP contribution in [0.2, 0.25) is 0 Å². The van der Waals surface area contributed by atoms with Gasteiger partial charge in [0, 0.05) is 24.2 Å². The summed E-state index contributed by atoms with van der Waals surface area (Å²) in [6, 6.07) is 10.8. The van der Waals surface area contributed by atoms with Gasteiger partial charge in [0.15, 0.2) is 0 Å². The molecule has 0 radical (unpaired) electrons. The molecular weight excluding hydrogens is 247 g/mol. The third-order valence-electron chi connectivity index (χ3n) is 2.78. The van der Waals surface area contributed by atoms with Gasteiger partial charge in [0.1, 0.15) is 5.82 Å². The van der Waals surface area contributed by atoms with Crippen LogP contribution in [-0.4, -0.2) is 12.0 Å². The Hall–Kier alpha value is -2.27. The molecule has 0 heterocycles. The highest BCUT2D eigenvalue weighted by atomic mass is 19.1. The lowest BCUT2D eigenvalue weighted by Crippen LogP contribution is -2.05. The van der Waals surface area contributed by atoms with Crippen LogP contribution in [0.15, 0.2) is 42.5 Å². The maximum atomic E-state index is 14.0. The van der Waals surface area contributed by atoms with Crippen LogP contribution in [0.5, 0.6) is 0 Å². The normalized spacial score (nSPS) is 10.4. The van der Waals surface area contributed by atoms with Gasteiger partial charge in [-0.25, -0.2) is 4.39 Å². The van der Waals surface area contributed by atoms with Gasteiger partial charge in [0.25, 0.3) is 5.69 Å². The molecule has 0 bridgehead atoms. The first-order valence-electron chi connectivity index (χ1n) is 5.79. The predicted molar refractivity (Wildman–Crippen MR) is 71.3 cm³/mol. The molecule has 0 amide bonds. The first-order chi connectivity index (χ1) is 9.11. The molecule has 98 valence electrons. The van der Waals surface area contributed by atoms with Gasteiger partial charge in [-0.3, -0.25) is 10.1 Å². The molecule has 0 aromatic heterocycles. The summed E-state index contributed by atoms with van der Waals surface area (Å²) in [5.41, 5.74) is 1.65. The van der Waals surface area contributed by atoms with E-state index in [0.29, 0.717) is 17.7 Å². The van der Waals surface area contributed by atoms with E-state index in [1.807, 2.05) is 0 Å². The van der Waals surface area contributed by atoms with Crippen LogP contribution in [0.3, 0.4) is 0 Å². The Balaban J connectivity index is 2.41. The number of nitro benzene ring substituents is 1. The summed E-state index contributed by atoms with van der Waals surface area (Å²) in [7, 11) is 1.78. The minimum Gasteiger partial charge on any atom is -0.316 e. The van der Waals surface area contributed by atoms with Gasteiger partial charge in [-0.2, -0.15) is 0 Å². The summed E-state index contributed by atoms with van der Waals surface area (Å²) in [5, 5.41) is 13.7. The molecule has 2 rings (SSSR count). The van der Waals surface area contributed by atoms with Crippen molar-refractivity contribution in [3.63, 3.8) is 0 Å². The fourth-order valence-electron chi connectivity index (χ4n) is 1.89. The number of non-ortho nitro benzene ring substituents is 1. The largest absolute Gasteiger partial charge is 0.316 e. The van der Waals surface area contributed by atoms with E-state index in [4.69, 9.17) is 0 Å². The number of benzene rings is 2. The van der Waals surface area contributed by atoms with Crippen molar-refractivity contribution in [2.45, 2.75) is 6.54 Å². The second-order valence-electron chi connectivity index (χ2n) is 4.15. The Morgan fingerprint density at radius 1 is 1.26 bits per heavy atom. The summed E-state index contributed by atoms with van der Waals surface area (Å²) in [6.07, 6.45) is 0. The fraction of sp³-hybridized carbons (Fsp3) is 0.143. The monoisotopic (exact) mass is 260 g/mol. The van der Waals surface area contributed by atoms with E-state index in [1.54, 1.807) is 31.3 Å². The molecule has 0 unspecified atom stereocenters. The Bertz CT molecular complexity index is 614. The highest BCUT2D eigenvalue weighted by molar-refractivity contribution is 5.67. The summed E-state index contributed by atoms with van der Waals surface area (Å²) >= 11 is 0. The lowest BCUT2D eigenvalue weighted by Gasteiger charge is -2.06. The number of rotatable bonds is 4. The van der Waals surface area contributed by atoms with Crippen LogP contribution in [0.1, 0.15) is 5.56 Å². The molecule has 0 saturated carbocycles. The standard InChI is InChI=1S/C14H13FN2O2/c1-16-9-10-5-6-13(14(15)7-10)11-3-2-4-12(8-11)17(18)19/h2-8,16H,9H2,1H3. The minimum absolute atomic E-state index is 0.0452. The Kier molecular flexibility index (Phi) is 3.87. The summed E-state index contributed by atoms with van der Waals surface area (Å²) in [6.45, 7) is 0.576. The molecule has 4 nitrogen and oxygen atoms in total. The first kappa shape index (κ1) is 13.2. The molecule has 2 aromatic rings. The van der Waals surface area contributed by atoms with Gasteiger partial charge in [-0.05, 0) is 24.2 Å². The lowest BCUT2D eigenvalue weighted by molar-refractivity contribution is -0.384. The summed E-state index contributed by atoms with van der Waals surface area (Å²) in [5.74, 6) is -0.381. The predicted octanol–water partition coefficient (Wildman–Crippen LogP) is 3.12. The highest BCUT2D eigenvalue weighted by Gasteiger charge is 2.10. The quantitative estimate of drug-likeness (QED) is 0.678. The third-order valence-corrected chi connectivity index (χ3v) is 2.78. The van der Waals surface area contributed by atoms with Crippen LogP contribution in [0.4, 0.5) is 10.1 Å². The van der Waals surface area contributed by atoms with Crippen molar-refractivity contribution in [3.05, 3.63) is 64.0 Å². The molecule has 0 aliphatic carbocycles. The van der Waals surface area contributed by atoms with Crippen molar-refractivity contribution in [2.75, 3.05) is 7.05 Å². The Labute approximate surface area is 110 Å². The van der Waals surface area contributed by atoms with Crippen molar-refractivity contribution in [3.8, 4) is 11.1 Å². The molecule has 1 N–H and O–H groups in total. The van der Waals surface area contributed by atoms with Crippen LogP contribution >= 0.6 is 0 Å². The van der Waals surface area contributed by atoms with Crippen molar-refractivity contribution in [1.82, 2.24) is 5.32 Å². The van der Waals surface area contributed by atoms with E-state index in [2.05, 4.69) is 5.32 Å². The highest BCUT2D eigenvalue weighted by Crippen LogP contribution is 2.26. The van der Waals surface area contributed by atoms with Gasteiger partial charge in [0.2, 0.25) is 0 Å². The Morgan fingerprint density at radius 3 is 2.68 bits per heavy atom. The lowest BCUT2D eigenvalue weighted by atomic mass is 10.0. The van der Waals surface area contributed by atoms with Gasteiger partial charge in [-0.1, -0.05) is 24.3 Å². The van der Waals surface area contributed by atoms with E-state index in [9.17, 15) is 14.5 Å². The van der Waals surface area contributed by atoms with Gasteiger partial charge >= 0.3 is 0 Å². The van der Waals surface area contributed by atoms with Crippen LogP contribution < -0.4 is 5.32 Å². The van der Waals surface area contributed by atoms with E-state index < -0.39 is 4.92 Å². The van der Waals surface area contributed by atoms with E-state index >= 15 is 0 Å². The summed E-state index contributed by atoms with van der Waals surface area (Å²) < 4.78 is 14.0. The molecule has 0 atom stereocenters. The molecule has 5 heteroatoms. The smallest absolute Gasteiger partial charge is 0.270 e. The minimum atomic E-state index is -0.489. The summed E-state index contributed by atoms with van der Waals surface area (Å²) in [4.78, 5) is 10.2. The van der Waals surface area contributed by atoms with E-state index in [0.717, 1.165) is 5.56 Å². The van der Waals surface area contributed by atoms with Gasteiger partial charge < -0.3 is 5.32 Å². The number of hydrogen-bond donors (Lipinski definition) is 1. The van der Waals surface area contributed by atoms with E-state index in [1.165, 1.54) is 18.2 Å². The van der Waals surface area contributed by atoms with E-state index in [-0.39, 0.29) is 11.5 Å². The van der Waals surface area contributed by atoms with Crippen molar-refractivity contribution >= 4 is 5.69 Å². The maximum absolute atomic E-state index is 14.0. The number of hydrogen-bond acceptors (Lipinski definition) is 3. The number of nitrogens with one attached hydrogen (secondary N) is 1. The van der Waals surface area contributed by atoms with Crippen molar-refractivity contribution < 1.29 is 9.31 Å². The molecule has 0 spiro atoms. The Morgan fingerprint density at radius 2 is 2.05 bits per heavy atom. The van der Waals surface area contributed by atoms with Crippen molar-refractivity contribution in [1.29, 1.82) is 0 Å². The number of halogens is 1. The van der Waals surface area contributed by atoms with Crippen molar-refractivity contribution in [2.24, 2.45) is 0 Å². The average molecular weight is 260 g/mol. The average Bonchev–Trinajstić information content (AvgIpc) is 2.39. The zero-order valence-electron chi connectivity index (χ0n) is 10.4.